The van der Waals surface area contributed by atoms with Gasteiger partial charge >= 0.3 is 115 Å². The van der Waals surface area contributed by atoms with Gasteiger partial charge in [-0.25, -0.2) is 0 Å². The van der Waals surface area contributed by atoms with Gasteiger partial charge in [-0.1, -0.05) is 70.6 Å². The molecule has 0 radical (unpaired) electrons. The zero-order chi connectivity index (χ0) is 22.6. The normalized spacial score (nSPS) is 13.0. The number of aliphatic hydroxyl groups is 1. The number of unbranched alkanes of at least 4 members (excludes halogenated alkanes) is 10. The Hall–Kier alpha value is 2.04. The summed E-state index contributed by atoms with van der Waals surface area (Å²) in [5.74, 6) is 4.33. The fourth-order valence-electron chi connectivity index (χ4n) is 3.01. The van der Waals surface area contributed by atoms with E-state index in [1.165, 1.54) is 63.1 Å². The van der Waals surface area contributed by atoms with Crippen LogP contribution in [0.5, 0.6) is 0 Å². The van der Waals surface area contributed by atoms with Crippen molar-refractivity contribution in [2.75, 3.05) is 5.75 Å². The topological polar surface area (TPSA) is 121 Å². The van der Waals surface area contributed by atoms with Crippen LogP contribution in [0, 0.1) is 11.8 Å². The van der Waals surface area contributed by atoms with Crippen LogP contribution in [0.1, 0.15) is 99.7 Å². The van der Waals surface area contributed by atoms with Crippen LogP contribution in [0.2, 0.25) is 0 Å². The number of nitrogens with two attached hydrogens (primary N) is 1. The Labute approximate surface area is 287 Å². The van der Waals surface area contributed by atoms with E-state index in [-0.39, 0.29) is 118 Å². The quantitative estimate of drug-likeness (QED) is 0.0940. The van der Waals surface area contributed by atoms with Crippen molar-refractivity contribution in [3.63, 3.8) is 0 Å². The molecule has 3 atom stereocenters. The van der Waals surface area contributed by atoms with E-state index in [1.807, 2.05) is 0 Å². The molecule has 5 N–H and O–H groups in total. The molecule has 0 amide bonds. The molecule has 0 aliphatic carbocycles. The van der Waals surface area contributed by atoms with Gasteiger partial charge in [-0.2, -0.15) is 0 Å². The molecule has 0 unspecified atom stereocenters. The molecular weight excluding hydrogens is 481 g/mol. The summed E-state index contributed by atoms with van der Waals surface area (Å²) in [6.45, 7) is 2.23. The number of aliphatic carboxylic acids is 2. The van der Waals surface area contributed by atoms with Crippen LogP contribution in [-0.2, 0) is 9.59 Å². The van der Waals surface area contributed by atoms with Crippen molar-refractivity contribution in [2.45, 2.75) is 114 Å². The number of carbonyl (C=O) groups is 2. The SMILES string of the molecule is CCCCCCCCCCCCC#C[C@H](SC[C@H](N)C(=O)O)[C@H](O)CCCC(=O)O.[H-].[H-].[K+].[K+]. The van der Waals surface area contributed by atoms with Gasteiger partial charge in [0, 0.05) is 18.6 Å². The van der Waals surface area contributed by atoms with Gasteiger partial charge in [0.1, 0.15) is 6.04 Å². The maximum atomic E-state index is 10.9. The number of carboxylic acids is 2. The fourth-order valence-corrected chi connectivity index (χ4v) is 4.10. The Balaban J connectivity index is -0.000000701. The molecule has 6 nitrogen and oxygen atoms in total. The van der Waals surface area contributed by atoms with Crippen molar-refractivity contribution in [2.24, 2.45) is 5.73 Å². The second-order valence-corrected chi connectivity index (χ2v) is 8.98. The maximum Gasteiger partial charge on any atom is 1.00 e. The molecule has 0 aromatic heterocycles. The summed E-state index contributed by atoms with van der Waals surface area (Å²) in [4.78, 5) is 21.5. The van der Waals surface area contributed by atoms with Crippen molar-refractivity contribution in [3.05, 3.63) is 0 Å². The fraction of sp³-hybridized carbons (Fsp3) is 0.826. The Morgan fingerprint density at radius 2 is 1.47 bits per heavy atom. The Morgan fingerprint density at radius 1 is 0.938 bits per heavy atom. The first-order valence-electron chi connectivity index (χ1n) is 11.4. The summed E-state index contributed by atoms with van der Waals surface area (Å²) in [6, 6.07) is -1.01. The van der Waals surface area contributed by atoms with Crippen LogP contribution in [0.15, 0.2) is 0 Å². The van der Waals surface area contributed by atoms with E-state index in [4.69, 9.17) is 15.9 Å². The van der Waals surface area contributed by atoms with E-state index in [2.05, 4.69) is 18.8 Å². The van der Waals surface area contributed by atoms with Gasteiger partial charge in [0.25, 0.3) is 0 Å². The summed E-state index contributed by atoms with van der Waals surface area (Å²) >= 11 is 1.23. The molecule has 9 heteroatoms. The van der Waals surface area contributed by atoms with Crippen molar-refractivity contribution in [1.82, 2.24) is 0 Å². The van der Waals surface area contributed by atoms with Crippen LogP contribution >= 0.6 is 11.8 Å². The minimum atomic E-state index is -1.08. The number of rotatable bonds is 19. The van der Waals surface area contributed by atoms with Crippen molar-refractivity contribution >= 4 is 23.7 Å². The third kappa shape index (κ3) is 25.1. The number of thioether (sulfide) groups is 1. The first kappa shape index (κ1) is 38.6. The predicted molar refractivity (Wildman–Crippen MR) is 126 cm³/mol. The third-order valence-electron chi connectivity index (χ3n) is 4.91. The van der Waals surface area contributed by atoms with E-state index in [0.29, 0.717) is 12.8 Å². The van der Waals surface area contributed by atoms with Gasteiger partial charge in [0.15, 0.2) is 0 Å². The molecule has 0 aliphatic rings. The van der Waals surface area contributed by atoms with E-state index in [0.717, 1.165) is 19.3 Å². The second kappa shape index (κ2) is 27.6. The van der Waals surface area contributed by atoms with Gasteiger partial charge in [-0.05, 0) is 19.3 Å². The molecule has 0 saturated heterocycles. The van der Waals surface area contributed by atoms with Crippen molar-refractivity contribution in [3.8, 4) is 11.8 Å². The summed E-state index contributed by atoms with van der Waals surface area (Å²) < 4.78 is 0. The van der Waals surface area contributed by atoms with Crippen LogP contribution in [-0.4, -0.2) is 50.4 Å². The summed E-state index contributed by atoms with van der Waals surface area (Å²) in [5.41, 5.74) is 5.55. The van der Waals surface area contributed by atoms with Crippen LogP contribution in [0.4, 0.5) is 0 Å². The Bertz CT molecular complexity index is 539. The zero-order valence-corrected chi connectivity index (χ0v) is 27.5. The van der Waals surface area contributed by atoms with E-state index < -0.39 is 29.3 Å². The first-order chi connectivity index (χ1) is 14.4. The monoisotopic (exact) mass is 523 g/mol. The Kier molecular flexibility index (Phi) is 33.3. The molecule has 32 heavy (non-hydrogen) atoms. The standard InChI is InChI=1S/C23H41NO5S.2K.2H/c1-2-3-4-5-6-7-8-9-10-11-12-13-16-21(30-18-19(24)23(28)29)20(25)15-14-17-22(26)27;;;;/h19-21,25H,2-12,14-15,17-18,24H2,1H3,(H,26,27)(H,28,29);;;;/q;2*+1;2*-1/t19-,20+,21-;;;;/m0..../s1. The number of carboxylic acid groups (broad SMARTS) is 2. The molecule has 0 rings (SSSR count). The average molecular weight is 524 g/mol. The van der Waals surface area contributed by atoms with Crippen LogP contribution in [0.25, 0.3) is 0 Å². The number of hydrogen-bond donors (Lipinski definition) is 4. The van der Waals surface area contributed by atoms with Crippen LogP contribution in [0.3, 0.4) is 0 Å². The van der Waals surface area contributed by atoms with Crippen molar-refractivity contribution in [1.29, 1.82) is 0 Å². The molecule has 0 bridgehead atoms. The van der Waals surface area contributed by atoms with Crippen LogP contribution < -0.4 is 109 Å². The minimum absolute atomic E-state index is 0. The van der Waals surface area contributed by atoms with Gasteiger partial charge in [0.2, 0.25) is 0 Å². The zero-order valence-electron chi connectivity index (χ0n) is 22.5. The van der Waals surface area contributed by atoms with Crippen molar-refractivity contribution < 1.29 is 131 Å². The predicted octanol–water partition coefficient (Wildman–Crippen LogP) is -1.34. The third-order valence-corrected chi connectivity index (χ3v) is 6.25. The second-order valence-electron chi connectivity index (χ2n) is 7.81. The molecule has 0 spiro atoms. The molecule has 178 valence electrons. The molecule has 0 aromatic carbocycles. The summed E-state index contributed by atoms with van der Waals surface area (Å²) in [7, 11) is 0. The number of hydrogen-bond acceptors (Lipinski definition) is 5. The summed E-state index contributed by atoms with van der Waals surface area (Å²) in [5, 5.41) is 27.5. The van der Waals surface area contributed by atoms with Gasteiger partial charge in [-0.15, -0.1) is 17.7 Å². The van der Waals surface area contributed by atoms with E-state index in [9.17, 15) is 14.7 Å². The Morgan fingerprint density at radius 3 is 1.97 bits per heavy atom. The molecule has 0 heterocycles. The average Bonchev–Trinajstić information content (AvgIpc) is 2.70. The molecule has 0 saturated carbocycles. The maximum absolute atomic E-state index is 10.9. The smallest absolute Gasteiger partial charge is 1.00 e. The molecule has 0 aromatic rings. The minimum Gasteiger partial charge on any atom is -1.00 e. The van der Waals surface area contributed by atoms with E-state index in [1.54, 1.807) is 0 Å². The van der Waals surface area contributed by atoms with E-state index >= 15 is 0 Å². The number of aliphatic hydroxyl groups excluding tert-OH is 1. The summed E-state index contributed by atoms with van der Waals surface area (Å²) in [6.07, 6.45) is 13.2. The first-order valence-corrected chi connectivity index (χ1v) is 12.4. The molecule has 0 fully saturated rings. The van der Waals surface area contributed by atoms with Gasteiger partial charge < -0.3 is 23.9 Å². The molecule has 0 aliphatic heterocycles. The largest absolute Gasteiger partial charge is 1.00 e. The molecular formula is C23H43K2NO5S. The van der Waals surface area contributed by atoms with Gasteiger partial charge in [-0.3, -0.25) is 9.59 Å². The van der Waals surface area contributed by atoms with Gasteiger partial charge in [0.05, 0.1) is 11.4 Å².